The van der Waals surface area contributed by atoms with Crippen molar-refractivity contribution in [2.45, 2.75) is 39.0 Å². The highest BCUT2D eigenvalue weighted by Crippen LogP contribution is 2.42. The molecule has 1 amide bonds. The maximum absolute atomic E-state index is 13.3. The molecule has 2 aliphatic rings. The van der Waals surface area contributed by atoms with E-state index in [0.29, 0.717) is 17.8 Å². The van der Waals surface area contributed by atoms with Crippen molar-refractivity contribution in [3.63, 3.8) is 0 Å². The molecule has 0 bridgehead atoms. The third kappa shape index (κ3) is 3.36. The minimum absolute atomic E-state index is 0.120. The quantitative estimate of drug-likeness (QED) is 0.853. The molecule has 5 nitrogen and oxygen atoms in total. The summed E-state index contributed by atoms with van der Waals surface area (Å²) in [7, 11) is 0. The van der Waals surface area contributed by atoms with E-state index in [9.17, 15) is 9.59 Å². The van der Waals surface area contributed by atoms with Gasteiger partial charge in [0.05, 0.1) is 0 Å². The highest BCUT2D eigenvalue weighted by atomic mass is 16.2. The number of aromatic nitrogens is 1. The SMILES string of the molecule is CC1=C(C(=O)Nc2cc(C)ccn2)[C@@H](c2ccccc2)C2=C(CCCC2=O)N1. The Morgan fingerprint density at radius 3 is 2.68 bits per heavy atom. The van der Waals surface area contributed by atoms with E-state index in [2.05, 4.69) is 15.6 Å². The molecule has 2 N–H and O–H groups in total. The Morgan fingerprint density at radius 1 is 1.14 bits per heavy atom. The first-order valence-electron chi connectivity index (χ1n) is 9.57. The Bertz CT molecular complexity index is 1010. The zero-order chi connectivity index (χ0) is 19.7. The molecule has 2 heterocycles. The van der Waals surface area contributed by atoms with Crippen molar-refractivity contribution < 1.29 is 9.59 Å². The number of nitrogens with zero attached hydrogens (tertiary/aromatic N) is 1. The van der Waals surface area contributed by atoms with E-state index < -0.39 is 0 Å². The zero-order valence-corrected chi connectivity index (χ0v) is 16.1. The van der Waals surface area contributed by atoms with Gasteiger partial charge in [0.15, 0.2) is 5.78 Å². The molecule has 0 spiro atoms. The standard InChI is InChI=1S/C23H23N3O2/c1-14-11-12-24-19(13-14)26-23(28)20-15(2)25-17-9-6-10-18(27)22(17)21(20)16-7-4-3-5-8-16/h3-5,7-8,11-13,21,25H,6,9-10H2,1-2H3,(H,24,26,28)/t21-/m1/s1. The summed E-state index contributed by atoms with van der Waals surface area (Å²) in [6, 6.07) is 13.5. The molecular formula is C23H23N3O2. The predicted octanol–water partition coefficient (Wildman–Crippen LogP) is 4.00. The van der Waals surface area contributed by atoms with Gasteiger partial charge in [0.2, 0.25) is 0 Å². The molecule has 0 radical (unpaired) electrons. The maximum atomic E-state index is 13.3. The number of carbonyl (C=O) groups is 2. The molecule has 1 aliphatic carbocycles. The number of pyridine rings is 1. The lowest BCUT2D eigenvalue weighted by atomic mass is 9.75. The second-order valence-electron chi connectivity index (χ2n) is 7.35. The Labute approximate surface area is 164 Å². The fraction of sp³-hybridized carbons (Fsp3) is 0.261. The summed E-state index contributed by atoms with van der Waals surface area (Å²) in [5.41, 5.74) is 5.01. The van der Waals surface area contributed by atoms with Crippen LogP contribution in [0.15, 0.2) is 71.2 Å². The van der Waals surface area contributed by atoms with E-state index in [0.717, 1.165) is 40.9 Å². The van der Waals surface area contributed by atoms with Gasteiger partial charge in [-0.25, -0.2) is 4.98 Å². The topological polar surface area (TPSA) is 71.1 Å². The van der Waals surface area contributed by atoms with Crippen molar-refractivity contribution in [1.82, 2.24) is 10.3 Å². The Hall–Kier alpha value is -3.21. The van der Waals surface area contributed by atoms with Gasteiger partial charge in [0, 0.05) is 41.1 Å². The van der Waals surface area contributed by atoms with E-state index in [1.807, 2.05) is 56.3 Å². The van der Waals surface area contributed by atoms with Crippen LogP contribution in [0.25, 0.3) is 0 Å². The fourth-order valence-corrected chi connectivity index (χ4v) is 4.05. The van der Waals surface area contributed by atoms with E-state index in [1.165, 1.54) is 0 Å². The number of allylic oxidation sites excluding steroid dienone is 3. The number of nitrogens with one attached hydrogen (secondary N) is 2. The van der Waals surface area contributed by atoms with Gasteiger partial charge >= 0.3 is 0 Å². The van der Waals surface area contributed by atoms with Crippen LogP contribution in [0.1, 0.15) is 43.2 Å². The predicted molar refractivity (Wildman–Crippen MR) is 109 cm³/mol. The van der Waals surface area contributed by atoms with Crippen molar-refractivity contribution in [3.8, 4) is 0 Å². The van der Waals surface area contributed by atoms with Crippen LogP contribution in [-0.4, -0.2) is 16.7 Å². The second-order valence-corrected chi connectivity index (χ2v) is 7.35. The lowest BCUT2D eigenvalue weighted by Crippen LogP contribution is -2.35. The Kier molecular flexibility index (Phi) is 4.82. The minimum Gasteiger partial charge on any atom is -0.362 e. The molecule has 1 aromatic carbocycles. The number of Topliss-reactive ketones (excluding diaryl/α,β-unsaturated/α-hetero) is 1. The van der Waals surface area contributed by atoms with E-state index >= 15 is 0 Å². The van der Waals surface area contributed by atoms with Gasteiger partial charge < -0.3 is 10.6 Å². The van der Waals surface area contributed by atoms with Gasteiger partial charge in [-0.2, -0.15) is 0 Å². The summed E-state index contributed by atoms with van der Waals surface area (Å²) in [5, 5.41) is 6.24. The maximum Gasteiger partial charge on any atom is 0.255 e. The molecule has 0 unspecified atom stereocenters. The first kappa shape index (κ1) is 18.2. The average Bonchev–Trinajstić information content (AvgIpc) is 2.67. The number of anilines is 1. The summed E-state index contributed by atoms with van der Waals surface area (Å²) in [5.74, 6) is 0.0258. The lowest BCUT2D eigenvalue weighted by Gasteiger charge is -2.34. The van der Waals surface area contributed by atoms with Crippen molar-refractivity contribution in [2.75, 3.05) is 5.32 Å². The van der Waals surface area contributed by atoms with Crippen molar-refractivity contribution >= 4 is 17.5 Å². The highest BCUT2D eigenvalue weighted by molar-refractivity contribution is 6.09. The van der Waals surface area contributed by atoms with E-state index in [4.69, 9.17) is 0 Å². The van der Waals surface area contributed by atoms with Gasteiger partial charge in [-0.1, -0.05) is 30.3 Å². The van der Waals surface area contributed by atoms with E-state index in [1.54, 1.807) is 6.20 Å². The minimum atomic E-state index is -0.366. The number of amides is 1. The van der Waals surface area contributed by atoms with Gasteiger partial charge in [0.1, 0.15) is 5.82 Å². The van der Waals surface area contributed by atoms with Crippen LogP contribution in [0.4, 0.5) is 5.82 Å². The normalized spacial score (nSPS) is 19.2. The van der Waals surface area contributed by atoms with Crippen molar-refractivity contribution in [2.24, 2.45) is 0 Å². The fourth-order valence-electron chi connectivity index (χ4n) is 4.05. The molecule has 142 valence electrons. The number of benzene rings is 1. The van der Waals surface area contributed by atoms with Gasteiger partial charge in [-0.15, -0.1) is 0 Å². The lowest BCUT2D eigenvalue weighted by molar-refractivity contribution is -0.116. The number of hydrogen-bond acceptors (Lipinski definition) is 4. The summed E-state index contributed by atoms with van der Waals surface area (Å²) < 4.78 is 0. The molecule has 1 aliphatic heterocycles. The molecule has 4 rings (SSSR count). The van der Waals surface area contributed by atoms with Crippen LogP contribution in [0.5, 0.6) is 0 Å². The van der Waals surface area contributed by atoms with Crippen LogP contribution in [0, 0.1) is 6.92 Å². The van der Waals surface area contributed by atoms with Crippen molar-refractivity contribution in [3.05, 3.63) is 82.3 Å². The third-order valence-electron chi connectivity index (χ3n) is 5.31. The largest absolute Gasteiger partial charge is 0.362 e. The molecule has 5 heteroatoms. The molecule has 1 atom stereocenters. The van der Waals surface area contributed by atoms with Crippen LogP contribution in [0.2, 0.25) is 0 Å². The van der Waals surface area contributed by atoms with Crippen LogP contribution in [-0.2, 0) is 9.59 Å². The number of hydrogen-bond donors (Lipinski definition) is 2. The zero-order valence-electron chi connectivity index (χ0n) is 16.1. The number of carbonyl (C=O) groups excluding carboxylic acids is 2. The summed E-state index contributed by atoms with van der Waals surface area (Å²) in [4.78, 5) is 30.3. The van der Waals surface area contributed by atoms with Gasteiger partial charge in [0.25, 0.3) is 5.91 Å². The number of ketones is 1. The summed E-state index contributed by atoms with van der Waals surface area (Å²) in [6.07, 6.45) is 3.87. The first-order valence-corrected chi connectivity index (χ1v) is 9.57. The molecule has 0 saturated heterocycles. The van der Waals surface area contributed by atoms with Crippen LogP contribution < -0.4 is 10.6 Å². The molecular weight excluding hydrogens is 350 g/mol. The second kappa shape index (κ2) is 7.43. The monoisotopic (exact) mass is 373 g/mol. The molecule has 1 aromatic heterocycles. The molecule has 0 fully saturated rings. The summed E-state index contributed by atoms with van der Waals surface area (Å²) in [6.45, 7) is 3.85. The van der Waals surface area contributed by atoms with Crippen LogP contribution >= 0.6 is 0 Å². The highest BCUT2D eigenvalue weighted by Gasteiger charge is 2.38. The number of dihydropyridines is 1. The first-order chi connectivity index (χ1) is 13.5. The molecule has 28 heavy (non-hydrogen) atoms. The van der Waals surface area contributed by atoms with Gasteiger partial charge in [-0.05, 0) is 49.9 Å². The van der Waals surface area contributed by atoms with E-state index in [-0.39, 0.29) is 17.6 Å². The smallest absolute Gasteiger partial charge is 0.255 e. The average molecular weight is 373 g/mol. The number of rotatable bonds is 3. The molecule has 0 saturated carbocycles. The third-order valence-corrected chi connectivity index (χ3v) is 5.31. The molecule has 2 aromatic rings. The number of aryl methyl sites for hydroxylation is 1. The summed E-state index contributed by atoms with van der Waals surface area (Å²) >= 11 is 0. The van der Waals surface area contributed by atoms with Crippen molar-refractivity contribution in [1.29, 1.82) is 0 Å². The Balaban J connectivity index is 1.77. The van der Waals surface area contributed by atoms with Gasteiger partial charge in [-0.3, -0.25) is 9.59 Å². The van der Waals surface area contributed by atoms with Crippen LogP contribution in [0.3, 0.4) is 0 Å². The Morgan fingerprint density at radius 2 is 1.93 bits per heavy atom.